The fourth-order valence-corrected chi connectivity index (χ4v) is 3.30. The smallest absolute Gasteiger partial charge is 0.147 e. The summed E-state index contributed by atoms with van der Waals surface area (Å²) in [4.78, 5) is 11.6. The molecule has 0 unspecified atom stereocenters. The Kier molecular flexibility index (Phi) is 4.22. The first kappa shape index (κ1) is 15.8. The molecule has 0 radical (unpaired) electrons. The lowest BCUT2D eigenvalue weighted by atomic mass is 10.0. The number of aromatic nitrogens is 2. The molecule has 2 aromatic carbocycles. The van der Waals surface area contributed by atoms with E-state index in [4.69, 9.17) is 9.72 Å². The summed E-state index contributed by atoms with van der Waals surface area (Å²) >= 11 is 0. The number of anilines is 1. The van der Waals surface area contributed by atoms with Crippen molar-refractivity contribution in [3.63, 3.8) is 0 Å². The Hall–Kier alpha value is -2.69. The highest BCUT2D eigenvalue weighted by atomic mass is 19.1. The van der Waals surface area contributed by atoms with Gasteiger partial charge < -0.3 is 9.64 Å². The fraction of sp³-hybridized carbons (Fsp3) is 0.300. The third-order valence-electron chi connectivity index (χ3n) is 4.65. The SMILES string of the molecule is COc1cc(F)cc(-c2ccc3ncc(N4CCCCC4)nc3c2)c1. The number of ether oxygens (including phenoxy) is 1. The molecule has 0 atom stereocenters. The Bertz CT molecular complexity index is 907. The highest BCUT2D eigenvalue weighted by Gasteiger charge is 2.13. The van der Waals surface area contributed by atoms with Crippen LogP contribution in [0.1, 0.15) is 19.3 Å². The first-order valence-corrected chi connectivity index (χ1v) is 8.60. The molecular weight excluding hydrogens is 317 g/mol. The lowest BCUT2D eigenvalue weighted by Gasteiger charge is -2.27. The molecule has 1 aliphatic heterocycles. The molecule has 5 heteroatoms. The topological polar surface area (TPSA) is 38.2 Å². The number of halogens is 1. The Balaban J connectivity index is 1.74. The molecule has 128 valence electrons. The van der Waals surface area contributed by atoms with Gasteiger partial charge in [0.25, 0.3) is 0 Å². The van der Waals surface area contributed by atoms with Gasteiger partial charge in [-0.2, -0.15) is 0 Å². The Morgan fingerprint density at radius 3 is 2.60 bits per heavy atom. The van der Waals surface area contributed by atoms with Gasteiger partial charge in [0, 0.05) is 19.2 Å². The second kappa shape index (κ2) is 6.67. The largest absolute Gasteiger partial charge is 0.497 e. The van der Waals surface area contributed by atoms with E-state index in [-0.39, 0.29) is 5.82 Å². The van der Waals surface area contributed by atoms with E-state index in [2.05, 4.69) is 9.88 Å². The minimum atomic E-state index is -0.317. The van der Waals surface area contributed by atoms with Crippen LogP contribution in [0.2, 0.25) is 0 Å². The van der Waals surface area contributed by atoms with Gasteiger partial charge in [-0.1, -0.05) is 6.07 Å². The van der Waals surface area contributed by atoms with E-state index in [0.29, 0.717) is 5.75 Å². The first-order chi connectivity index (χ1) is 12.2. The third-order valence-corrected chi connectivity index (χ3v) is 4.65. The molecule has 0 amide bonds. The van der Waals surface area contributed by atoms with Crippen LogP contribution in [-0.2, 0) is 0 Å². The summed E-state index contributed by atoms with van der Waals surface area (Å²) in [6.45, 7) is 2.06. The van der Waals surface area contributed by atoms with E-state index in [1.54, 1.807) is 0 Å². The van der Waals surface area contributed by atoms with Crippen molar-refractivity contribution in [1.82, 2.24) is 9.97 Å². The van der Waals surface area contributed by atoms with E-state index in [1.807, 2.05) is 30.5 Å². The quantitative estimate of drug-likeness (QED) is 0.708. The molecular formula is C20H20FN3O. The maximum atomic E-state index is 13.8. The fourth-order valence-electron chi connectivity index (χ4n) is 3.30. The van der Waals surface area contributed by atoms with Crippen molar-refractivity contribution in [3.05, 3.63) is 48.4 Å². The van der Waals surface area contributed by atoms with Crippen molar-refractivity contribution in [2.75, 3.05) is 25.1 Å². The molecule has 0 bridgehead atoms. The highest BCUT2D eigenvalue weighted by molar-refractivity contribution is 5.82. The van der Waals surface area contributed by atoms with Gasteiger partial charge in [-0.3, -0.25) is 4.98 Å². The average molecular weight is 337 g/mol. The van der Waals surface area contributed by atoms with Gasteiger partial charge in [0.1, 0.15) is 17.4 Å². The molecule has 2 heterocycles. The number of hydrogen-bond donors (Lipinski definition) is 0. The second-order valence-corrected chi connectivity index (χ2v) is 6.36. The van der Waals surface area contributed by atoms with Crippen LogP contribution in [0.4, 0.5) is 10.2 Å². The molecule has 4 nitrogen and oxygen atoms in total. The van der Waals surface area contributed by atoms with E-state index in [1.165, 1.54) is 38.5 Å². The van der Waals surface area contributed by atoms with Crippen molar-refractivity contribution in [3.8, 4) is 16.9 Å². The summed E-state index contributed by atoms with van der Waals surface area (Å²) in [6.07, 6.45) is 5.52. The minimum Gasteiger partial charge on any atom is -0.497 e. The number of rotatable bonds is 3. The lowest BCUT2D eigenvalue weighted by molar-refractivity contribution is 0.411. The number of fused-ring (bicyclic) bond motifs is 1. The number of hydrogen-bond acceptors (Lipinski definition) is 4. The average Bonchev–Trinajstić information content (AvgIpc) is 2.67. The van der Waals surface area contributed by atoms with Crippen LogP contribution in [0.3, 0.4) is 0 Å². The van der Waals surface area contributed by atoms with Gasteiger partial charge in [-0.05, 0) is 54.7 Å². The van der Waals surface area contributed by atoms with Crippen molar-refractivity contribution in [2.24, 2.45) is 0 Å². The molecule has 0 spiro atoms. The van der Waals surface area contributed by atoms with Crippen LogP contribution >= 0.6 is 0 Å². The zero-order valence-corrected chi connectivity index (χ0v) is 14.2. The summed E-state index contributed by atoms with van der Waals surface area (Å²) in [6, 6.07) is 10.5. The molecule has 3 aromatic rings. The zero-order valence-electron chi connectivity index (χ0n) is 14.2. The van der Waals surface area contributed by atoms with Gasteiger partial charge >= 0.3 is 0 Å². The molecule has 1 fully saturated rings. The summed E-state index contributed by atoms with van der Waals surface area (Å²) < 4.78 is 19.0. The van der Waals surface area contributed by atoms with Crippen molar-refractivity contribution < 1.29 is 9.13 Å². The van der Waals surface area contributed by atoms with Crippen LogP contribution in [0.25, 0.3) is 22.2 Å². The summed E-state index contributed by atoms with van der Waals surface area (Å²) in [5.41, 5.74) is 3.33. The molecule has 1 aliphatic rings. The Labute approximate surface area is 146 Å². The van der Waals surface area contributed by atoms with Gasteiger partial charge in [-0.15, -0.1) is 0 Å². The minimum absolute atomic E-state index is 0.317. The van der Waals surface area contributed by atoms with Gasteiger partial charge in [0.15, 0.2) is 0 Å². The van der Waals surface area contributed by atoms with Gasteiger partial charge in [0.2, 0.25) is 0 Å². The van der Waals surface area contributed by atoms with E-state index in [9.17, 15) is 4.39 Å². The number of piperidine rings is 1. The molecule has 0 saturated carbocycles. The Morgan fingerprint density at radius 2 is 1.80 bits per heavy atom. The Morgan fingerprint density at radius 1 is 0.960 bits per heavy atom. The monoisotopic (exact) mass is 337 g/mol. The van der Waals surface area contributed by atoms with E-state index >= 15 is 0 Å². The standard InChI is InChI=1S/C20H20FN3O/c1-25-17-10-15(9-16(21)12-17)14-5-6-18-19(11-14)23-20(13-22-18)24-7-3-2-4-8-24/h5-6,9-13H,2-4,7-8H2,1H3. The van der Waals surface area contributed by atoms with Crippen LogP contribution < -0.4 is 9.64 Å². The van der Waals surface area contributed by atoms with Crippen molar-refractivity contribution >= 4 is 16.9 Å². The first-order valence-electron chi connectivity index (χ1n) is 8.60. The predicted octanol–water partition coefficient (Wildman–Crippen LogP) is 4.43. The third kappa shape index (κ3) is 3.27. The predicted molar refractivity (Wildman–Crippen MR) is 97.5 cm³/mol. The number of nitrogens with zero attached hydrogens (tertiary/aromatic N) is 3. The maximum Gasteiger partial charge on any atom is 0.147 e. The summed E-state index contributed by atoms with van der Waals surface area (Å²) in [5.74, 6) is 1.10. The van der Waals surface area contributed by atoms with Crippen LogP contribution in [0.5, 0.6) is 5.75 Å². The van der Waals surface area contributed by atoms with Crippen molar-refractivity contribution in [1.29, 1.82) is 0 Å². The number of methoxy groups -OCH3 is 1. The molecule has 0 N–H and O–H groups in total. The maximum absolute atomic E-state index is 13.8. The van der Waals surface area contributed by atoms with Crippen LogP contribution in [0, 0.1) is 5.82 Å². The lowest BCUT2D eigenvalue weighted by Crippen LogP contribution is -2.30. The van der Waals surface area contributed by atoms with Crippen LogP contribution in [-0.4, -0.2) is 30.2 Å². The second-order valence-electron chi connectivity index (χ2n) is 6.36. The van der Waals surface area contributed by atoms with Gasteiger partial charge in [-0.25, -0.2) is 9.37 Å². The molecule has 25 heavy (non-hydrogen) atoms. The summed E-state index contributed by atoms with van der Waals surface area (Å²) in [7, 11) is 1.54. The molecule has 0 aliphatic carbocycles. The molecule has 1 aromatic heterocycles. The van der Waals surface area contributed by atoms with Crippen molar-refractivity contribution in [2.45, 2.75) is 19.3 Å². The van der Waals surface area contributed by atoms with Crippen LogP contribution in [0.15, 0.2) is 42.6 Å². The van der Waals surface area contributed by atoms with Gasteiger partial charge in [0.05, 0.1) is 24.3 Å². The molecule has 4 rings (SSSR count). The van der Waals surface area contributed by atoms with E-state index in [0.717, 1.165) is 41.1 Å². The highest BCUT2D eigenvalue weighted by Crippen LogP contribution is 2.28. The normalized spacial score (nSPS) is 14.7. The summed E-state index contributed by atoms with van der Waals surface area (Å²) in [5, 5.41) is 0. The zero-order chi connectivity index (χ0) is 17.2. The molecule has 1 saturated heterocycles. The van der Waals surface area contributed by atoms with E-state index < -0.39 is 0 Å². The number of benzene rings is 2.